The normalized spacial score (nSPS) is 12.8. The lowest BCUT2D eigenvalue weighted by atomic mass is 10.2. The molecule has 3 N–H and O–H groups in total. The van der Waals surface area contributed by atoms with Crippen molar-refractivity contribution in [2.45, 2.75) is 11.8 Å². The van der Waals surface area contributed by atoms with Gasteiger partial charge in [-0.25, -0.2) is 0 Å². The van der Waals surface area contributed by atoms with E-state index in [-0.39, 0.29) is 6.61 Å². The molecule has 0 aliphatic heterocycles. The summed E-state index contributed by atoms with van der Waals surface area (Å²) in [4.78, 5) is 5.47. The predicted octanol–water partition coefficient (Wildman–Crippen LogP) is 2.54. The number of anilines is 1. The minimum Gasteiger partial charge on any atom is -0.397 e. The molecule has 0 fully saturated rings. The van der Waals surface area contributed by atoms with E-state index in [0.717, 1.165) is 16.7 Å². The van der Waals surface area contributed by atoms with Gasteiger partial charge in [-0.2, -0.15) is 0 Å². The van der Waals surface area contributed by atoms with Crippen molar-refractivity contribution in [2.24, 2.45) is 5.92 Å². The number of aliphatic hydroxyl groups is 1. The number of para-hydroxylation sites is 1. The first-order valence-corrected chi connectivity index (χ1v) is 6.57. The van der Waals surface area contributed by atoms with Gasteiger partial charge in [0.2, 0.25) is 0 Å². The number of benzene rings is 1. The molecule has 1 atom stereocenters. The van der Waals surface area contributed by atoms with Gasteiger partial charge >= 0.3 is 0 Å². The van der Waals surface area contributed by atoms with Gasteiger partial charge in [-0.1, -0.05) is 19.1 Å². The average Bonchev–Trinajstić information content (AvgIpc) is 2.36. The number of aliphatic hydroxyl groups excluding tert-OH is 1. The molecule has 2 rings (SSSR count). The molecule has 1 aromatic heterocycles. The summed E-state index contributed by atoms with van der Waals surface area (Å²) in [6.07, 6.45) is 1.78. The molecule has 3 nitrogen and oxygen atoms in total. The number of pyridine rings is 1. The minimum atomic E-state index is 0.220. The zero-order chi connectivity index (χ0) is 12.3. The maximum absolute atomic E-state index is 9.02. The number of nitrogens with zero attached hydrogens (tertiary/aromatic N) is 1. The third-order valence-electron chi connectivity index (χ3n) is 2.60. The zero-order valence-electron chi connectivity index (χ0n) is 9.76. The van der Waals surface area contributed by atoms with Crippen LogP contribution in [0.25, 0.3) is 10.9 Å². The van der Waals surface area contributed by atoms with Crippen molar-refractivity contribution in [1.82, 2.24) is 4.98 Å². The van der Waals surface area contributed by atoms with E-state index in [1.54, 1.807) is 18.0 Å². The maximum atomic E-state index is 9.02. The fraction of sp³-hybridized carbons (Fsp3) is 0.308. The number of hydrogen-bond donors (Lipinski definition) is 2. The number of aromatic nitrogens is 1. The number of nitrogens with two attached hydrogens (primary N) is 1. The van der Waals surface area contributed by atoms with Gasteiger partial charge in [-0.05, 0) is 18.1 Å². The number of thioether (sulfide) groups is 1. The molecule has 0 aliphatic carbocycles. The van der Waals surface area contributed by atoms with Crippen LogP contribution in [0.3, 0.4) is 0 Å². The van der Waals surface area contributed by atoms with Gasteiger partial charge in [0.15, 0.2) is 0 Å². The minimum absolute atomic E-state index is 0.220. The first kappa shape index (κ1) is 12.2. The van der Waals surface area contributed by atoms with Crippen LogP contribution in [-0.4, -0.2) is 22.5 Å². The van der Waals surface area contributed by atoms with Gasteiger partial charge in [-0.15, -0.1) is 11.8 Å². The van der Waals surface area contributed by atoms with Gasteiger partial charge in [0.1, 0.15) is 0 Å². The zero-order valence-corrected chi connectivity index (χ0v) is 10.6. The van der Waals surface area contributed by atoms with E-state index in [2.05, 4.69) is 4.98 Å². The molecular weight excluding hydrogens is 232 g/mol. The smallest absolute Gasteiger partial charge is 0.0942 e. The summed E-state index contributed by atoms with van der Waals surface area (Å²) in [5.74, 6) is 1.19. The lowest BCUT2D eigenvalue weighted by Gasteiger charge is -2.09. The van der Waals surface area contributed by atoms with Crippen LogP contribution >= 0.6 is 11.8 Å². The van der Waals surface area contributed by atoms with E-state index in [1.165, 1.54) is 4.90 Å². The van der Waals surface area contributed by atoms with Gasteiger partial charge in [-0.3, -0.25) is 4.98 Å². The first-order chi connectivity index (χ1) is 8.22. The van der Waals surface area contributed by atoms with Gasteiger partial charge in [0.05, 0.1) is 11.2 Å². The Morgan fingerprint density at radius 3 is 3.00 bits per heavy atom. The molecule has 0 amide bonds. The largest absolute Gasteiger partial charge is 0.397 e. The van der Waals surface area contributed by atoms with Crippen LogP contribution in [0.15, 0.2) is 35.4 Å². The molecule has 1 unspecified atom stereocenters. The average molecular weight is 248 g/mol. The van der Waals surface area contributed by atoms with E-state index >= 15 is 0 Å². The Kier molecular flexibility index (Phi) is 3.86. The van der Waals surface area contributed by atoms with Crippen LogP contribution in [-0.2, 0) is 0 Å². The van der Waals surface area contributed by atoms with E-state index in [1.807, 2.05) is 31.2 Å². The van der Waals surface area contributed by atoms with E-state index in [4.69, 9.17) is 10.8 Å². The Labute approximate surface area is 105 Å². The van der Waals surface area contributed by atoms with Gasteiger partial charge in [0.25, 0.3) is 0 Å². The summed E-state index contributed by atoms with van der Waals surface area (Å²) in [6, 6.07) is 7.83. The van der Waals surface area contributed by atoms with Crippen molar-refractivity contribution in [1.29, 1.82) is 0 Å². The Hall–Kier alpha value is -1.26. The molecule has 17 heavy (non-hydrogen) atoms. The fourth-order valence-electron chi connectivity index (χ4n) is 1.58. The van der Waals surface area contributed by atoms with E-state index < -0.39 is 0 Å². The van der Waals surface area contributed by atoms with Crippen LogP contribution in [0.2, 0.25) is 0 Å². The van der Waals surface area contributed by atoms with Crippen LogP contribution in [0, 0.1) is 5.92 Å². The summed E-state index contributed by atoms with van der Waals surface area (Å²) < 4.78 is 0. The molecule has 1 heterocycles. The van der Waals surface area contributed by atoms with Crippen LogP contribution in [0.1, 0.15) is 6.92 Å². The molecule has 90 valence electrons. The van der Waals surface area contributed by atoms with Gasteiger partial charge < -0.3 is 10.8 Å². The second-order valence-electron chi connectivity index (χ2n) is 4.15. The quantitative estimate of drug-likeness (QED) is 0.645. The SMILES string of the molecule is CC(CO)CSc1ccnc2c(N)cccc12. The molecule has 2 aromatic rings. The highest BCUT2D eigenvalue weighted by molar-refractivity contribution is 7.99. The first-order valence-electron chi connectivity index (χ1n) is 5.59. The Morgan fingerprint density at radius 1 is 1.41 bits per heavy atom. The Bertz CT molecular complexity index is 516. The van der Waals surface area contributed by atoms with Crippen molar-refractivity contribution in [3.8, 4) is 0 Å². The molecule has 0 radical (unpaired) electrons. The summed E-state index contributed by atoms with van der Waals surface area (Å²) in [5, 5.41) is 10.1. The van der Waals surface area contributed by atoms with Crippen LogP contribution in [0.4, 0.5) is 5.69 Å². The standard InChI is InChI=1S/C13H16N2OS/c1-9(7-16)8-17-12-5-6-15-13-10(12)3-2-4-11(13)14/h2-6,9,16H,7-8,14H2,1H3. The van der Waals surface area contributed by atoms with E-state index in [0.29, 0.717) is 11.6 Å². The van der Waals surface area contributed by atoms with Crippen LogP contribution < -0.4 is 5.73 Å². The highest BCUT2D eigenvalue weighted by atomic mass is 32.2. The molecular formula is C13H16N2OS. The van der Waals surface area contributed by atoms with Crippen molar-refractivity contribution >= 4 is 28.4 Å². The molecule has 4 heteroatoms. The summed E-state index contributed by atoms with van der Waals surface area (Å²) in [6.45, 7) is 2.25. The van der Waals surface area contributed by atoms with Crippen molar-refractivity contribution in [3.63, 3.8) is 0 Å². The lowest BCUT2D eigenvalue weighted by Crippen LogP contribution is -2.03. The molecule has 0 spiro atoms. The molecule has 0 saturated heterocycles. The number of nitrogen functional groups attached to an aromatic ring is 1. The van der Waals surface area contributed by atoms with Crippen molar-refractivity contribution in [2.75, 3.05) is 18.1 Å². The highest BCUT2D eigenvalue weighted by Crippen LogP contribution is 2.30. The molecule has 0 bridgehead atoms. The van der Waals surface area contributed by atoms with Crippen LogP contribution in [0.5, 0.6) is 0 Å². The van der Waals surface area contributed by atoms with Crippen molar-refractivity contribution < 1.29 is 5.11 Å². The van der Waals surface area contributed by atoms with E-state index in [9.17, 15) is 0 Å². The maximum Gasteiger partial charge on any atom is 0.0942 e. The highest BCUT2D eigenvalue weighted by Gasteiger charge is 2.06. The third-order valence-corrected chi connectivity index (χ3v) is 4.00. The number of rotatable bonds is 4. The summed E-state index contributed by atoms with van der Waals surface area (Å²) in [5.41, 5.74) is 7.46. The lowest BCUT2D eigenvalue weighted by molar-refractivity contribution is 0.250. The number of fused-ring (bicyclic) bond motifs is 1. The van der Waals surface area contributed by atoms with Crippen molar-refractivity contribution in [3.05, 3.63) is 30.5 Å². The molecule has 0 aliphatic rings. The Morgan fingerprint density at radius 2 is 2.24 bits per heavy atom. The summed E-state index contributed by atoms with van der Waals surface area (Å²) >= 11 is 1.74. The third kappa shape index (κ3) is 2.70. The second-order valence-corrected chi connectivity index (χ2v) is 5.21. The molecule has 0 saturated carbocycles. The topological polar surface area (TPSA) is 59.1 Å². The Balaban J connectivity index is 2.31. The predicted molar refractivity (Wildman–Crippen MR) is 73.1 cm³/mol. The fourth-order valence-corrected chi connectivity index (χ4v) is 2.63. The summed E-state index contributed by atoms with van der Waals surface area (Å²) in [7, 11) is 0. The monoisotopic (exact) mass is 248 g/mol. The molecule has 1 aromatic carbocycles. The number of hydrogen-bond acceptors (Lipinski definition) is 4. The van der Waals surface area contributed by atoms with Gasteiger partial charge in [0, 0.05) is 28.8 Å². The second kappa shape index (κ2) is 5.38.